The van der Waals surface area contributed by atoms with Crippen LogP contribution in [0.4, 0.5) is 5.82 Å². The Morgan fingerprint density at radius 3 is 2.93 bits per heavy atom. The molecule has 2 aromatic rings. The molecular formula is C10H13N5. The molecular weight excluding hydrogens is 190 g/mol. The number of aryl methyl sites for hydroxylation is 1. The lowest BCUT2D eigenvalue weighted by molar-refractivity contribution is 0.396. The Labute approximate surface area is 87.3 Å². The van der Waals surface area contributed by atoms with Crippen LogP contribution in [-0.4, -0.2) is 19.6 Å². The van der Waals surface area contributed by atoms with Crippen LogP contribution in [0.3, 0.4) is 0 Å². The Hall–Kier alpha value is -1.65. The number of fused-ring (bicyclic) bond motifs is 1. The van der Waals surface area contributed by atoms with E-state index >= 15 is 0 Å². The molecule has 1 fully saturated rings. The van der Waals surface area contributed by atoms with Gasteiger partial charge >= 0.3 is 0 Å². The van der Waals surface area contributed by atoms with E-state index in [-0.39, 0.29) is 0 Å². The SMILES string of the molecule is Cc1nc(C2CCC2)n2ncnc(N)c12. The summed E-state index contributed by atoms with van der Waals surface area (Å²) < 4.78 is 1.85. The van der Waals surface area contributed by atoms with Crippen molar-refractivity contribution in [3.63, 3.8) is 0 Å². The van der Waals surface area contributed by atoms with Crippen molar-refractivity contribution in [3.8, 4) is 0 Å². The summed E-state index contributed by atoms with van der Waals surface area (Å²) in [7, 11) is 0. The second kappa shape index (κ2) is 2.92. The van der Waals surface area contributed by atoms with E-state index in [4.69, 9.17) is 5.73 Å². The lowest BCUT2D eigenvalue weighted by atomic mass is 9.85. The first kappa shape index (κ1) is 8.64. The van der Waals surface area contributed by atoms with E-state index in [1.54, 1.807) is 0 Å². The summed E-state index contributed by atoms with van der Waals surface area (Å²) in [5.41, 5.74) is 7.60. The van der Waals surface area contributed by atoms with Gasteiger partial charge in [-0.2, -0.15) is 5.10 Å². The summed E-state index contributed by atoms with van der Waals surface area (Å²) in [6, 6.07) is 0. The molecule has 0 spiro atoms. The molecule has 0 saturated heterocycles. The van der Waals surface area contributed by atoms with Crippen LogP contribution in [0, 0.1) is 6.92 Å². The van der Waals surface area contributed by atoms with Gasteiger partial charge < -0.3 is 5.73 Å². The van der Waals surface area contributed by atoms with Crippen molar-refractivity contribution in [2.24, 2.45) is 0 Å². The molecule has 2 aromatic heterocycles. The number of nitrogen functional groups attached to an aromatic ring is 1. The third kappa shape index (κ3) is 1.12. The van der Waals surface area contributed by atoms with Gasteiger partial charge in [-0.15, -0.1) is 0 Å². The molecule has 0 aromatic carbocycles. The number of aromatic nitrogens is 4. The Bertz CT molecular complexity index is 512. The summed E-state index contributed by atoms with van der Waals surface area (Å²) in [6.45, 7) is 1.96. The second-order valence-electron chi connectivity index (χ2n) is 4.09. The fourth-order valence-electron chi connectivity index (χ4n) is 2.08. The van der Waals surface area contributed by atoms with Gasteiger partial charge in [0.15, 0.2) is 5.82 Å². The van der Waals surface area contributed by atoms with Crippen LogP contribution in [-0.2, 0) is 0 Å². The number of rotatable bonds is 1. The molecule has 5 nitrogen and oxygen atoms in total. The quantitative estimate of drug-likeness (QED) is 0.758. The summed E-state index contributed by atoms with van der Waals surface area (Å²) in [5, 5.41) is 4.23. The summed E-state index contributed by atoms with van der Waals surface area (Å²) in [6.07, 6.45) is 5.20. The zero-order valence-corrected chi connectivity index (χ0v) is 8.64. The Morgan fingerprint density at radius 1 is 1.47 bits per heavy atom. The fourth-order valence-corrected chi connectivity index (χ4v) is 2.08. The van der Waals surface area contributed by atoms with Crippen LogP contribution in [0.1, 0.15) is 36.7 Å². The molecule has 0 unspecified atom stereocenters. The number of imidazole rings is 1. The maximum Gasteiger partial charge on any atom is 0.153 e. The number of hydrogen-bond donors (Lipinski definition) is 1. The van der Waals surface area contributed by atoms with Crippen LogP contribution >= 0.6 is 0 Å². The molecule has 0 amide bonds. The molecule has 15 heavy (non-hydrogen) atoms. The molecule has 3 rings (SSSR count). The third-order valence-electron chi connectivity index (χ3n) is 3.13. The zero-order chi connectivity index (χ0) is 10.4. The highest BCUT2D eigenvalue weighted by molar-refractivity contribution is 5.68. The molecule has 5 heteroatoms. The topological polar surface area (TPSA) is 69.1 Å². The minimum atomic E-state index is 0.514. The Kier molecular flexibility index (Phi) is 1.68. The van der Waals surface area contributed by atoms with Crippen molar-refractivity contribution < 1.29 is 0 Å². The molecule has 2 N–H and O–H groups in total. The van der Waals surface area contributed by atoms with E-state index in [1.807, 2.05) is 11.4 Å². The average Bonchev–Trinajstić information content (AvgIpc) is 2.43. The molecule has 0 atom stereocenters. The standard InChI is InChI=1S/C10H13N5/c1-6-8-9(11)12-5-13-15(8)10(14-6)7-3-2-4-7/h5,7H,2-4H2,1H3,(H2,11,12,13). The molecule has 78 valence electrons. The van der Waals surface area contributed by atoms with Gasteiger partial charge in [-0.25, -0.2) is 14.5 Å². The van der Waals surface area contributed by atoms with Gasteiger partial charge in [0.2, 0.25) is 0 Å². The van der Waals surface area contributed by atoms with Crippen LogP contribution in [0.15, 0.2) is 6.33 Å². The van der Waals surface area contributed by atoms with E-state index < -0.39 is 0 Å². The largest absolute Gasteiger partial charge is 0.382 e. The van der Waals surface area contributed by atoms with E-state index in [0.717, 1.165) is 17.0 Å². The van der Waals surface area contributed by atoms with Crippen molar-refractivity contribution >= 4 is 11.3 Å². The highest BCUT2D eigenvalue weighted by Gasteiger charge is 2.25. The number of anilines is 1. The first-order valence-corrected chi connectivity index (χ1v) is 5.23. The predicted octanol–water partition coefficient (Wildman–Crippen LogP) is 1.28. The van der Waals surface area contributed by atoms with Crippen molar-refractivity contribution in [3.05, 3.63) is 17.8 Å². The second-order valence-corrected chi connectivity index (χ2v) is 4.09. The Balaban J connectivity index is 2.27. The van der Waals surface area contributed by atoms with Gasteiger partial charge in [-0.05, 0) is 19.8 Å². The van der Waals surface area contributed by atoms with Crippen LogP contribution in [0.2, 0.25) is 0 Å². The van der Waals surface area contributed by atoms with Gasteiger partial charge in [0, 0.05) is 5.92 Å². The van der Waals surface area contributed by atoms with Gasteiger partial charge in [0.1, 0.15) is 17.7 Å². The van der Waals surface area contributed by atoms with Gasteiger partial charge in [-0.3, -0.25) is 0 Å². The highest BCUT2D eigenvalue weighted by Crippen LogP contribution is 2.36. The Morgan fingerprint density at radius 2 is 2.27 bits per heavy atom. The fraction of sp³-hybridized carbons (Fsp3) is 0.500. The smallest absolute Gasteiger partial charge is 0.153 e. The van der Waals surface area contributed by atoms with Crippen molar-refractivity contribution in [1.29, 1.82) is 0 Å². The van der Waals surface area contributed by atoms with Gasteiger partial charge in [-0.1, -0.05) is 6.42 Å². The van der Waals surface area contributed by atoms with Crippen molar-refractivity contribution in [1.82, 2.24) is 19.6 Å². The van der Waals surface area contributed by atoms with Crippen LogP contribution in [0.5, 0.6) is 0 Å². The molecule has 0 aliphatic heterocycles. The lowest BCUT2D eigenvalue weighted by Crippen LogP contribution is -2.14. The molecule has 1 aliphatic rings. The highest BCUT2D eigenvalue weighted by atomic mass is 15.3. The average molecular weight is 203 g/mol. The summed E-state index contributed by atoms with van der Waals surface area (Å²) in [5.74, 6) is 2.11. The number of nitrogens with zero attached hydrogens (tertiary/aromatic N) is 4. The maximum absolute atomic E-state index is 5.82. The molecule has 1 aliphatic carbocycles. The maximum atomic E-state index is 5.82. The first-order chi connectivity index (χ1) is 7.27. The molecule has 1 saturated carbocycles. The molecule has 0 radical (unpaired) electrons. The molecule has 2 heterocycles. The zero-order valence-electron chi connectivity index (χ0n) is 8.64. The van der Waals surface area contributed by atoms with E-state index in [2.05, 4.69) is 15.1 Å². The van der Waals surface area contributed by atoms with Gasteiger partial charge in [0.05, 0.1) is 5.69 Å². The number of hydrogen-bond acceptors (Lipinski definition) is 4. The van der Waals surface area contributed by atoms with E-state index in [1.165, 1.54) is 25.6 Å². The summed E-state index contributed by atoms with van der Waals surface area (Å²) in [4.78, 5) is 8.54. The minimum absolute atomic E-state index is 0.514. The van der Waals surface area contributed by atoms with Crippen LogP contribution < -0.4 is 5.73 Å². The monoisotopic (exact) mass is 203 g/mol. The first-order valence-electron chi connectivity index (χ1n) is 5.23. The minimum Gasteiger partial charge on any atom is -0.382 e. The van der Waals surface area contributed by atoms with Crippen molar-refractivity contribution in [2.75, 3.05) is 5.73 Å². The predicted molar refractivity (Wildman–Crippen MR) is 56.5 cm³/mol. The normalized spacial score (nSPS) is 16.9. The van der Waals surface area contributed by atoms with Gasteiger partial charge in [0.25, 0.3) is 0 Å². The lowest BCUT2D eigenvalue weighted by Gasteiger charge is -2.23. The van der Waals surface area contributed by atoms with E-state index in [0.29, 0.717) is 11.7 Å². The number of nitrogens with two attached hydrogens (primary N) is 1. The summed E-state index contributed by atoms with van der Waals surface area (Å²) >= 11 is 0. The van der Waals surface area contributed by atoms with E-state index in [9.17, 15) is 0 Å². The van der Waals surface area contributed by atoms with Crippen molar-refractivity contribution in [2.45, 2.75) is 32.1 Å². The third-order valence-corrected chi connectivity index (χ3v) is 3.13. The van der Waals surface area contributed by atoms with Crippen LogP contribution in [0.25, 0.3) is 5.52 Å². The molecule has 0 bridgehead atoms.